The molecule has 21 heavy (non-hydrogen) atoms. The molecule has 0 saturated carbocycles. The Morgan fingerprint density at radius 1 is 1.29 bits per heavy atom. The Bertz CT molecular complexity index is 794. The van der Waals surface area contributed by atoms with Crippen molar-refractivity contribution in [2.24, 2.45) is 0 Å². The maximum Gasteiger partial charge on any atom is 0.335 e. The Hall–Kier alpha value is -2.82. The summed E-state index contributed by atoms with van der Waals surface area (Å²) in [6.07, 6.45) is 0. The minimum atomic E-state index is -0.992. The molecule has 0 saturated heterocycles. The van der Waals surface area contributed by atoms with Crippen molar-refractivity contribution in [3.63, 3.8) is 0 Å². The summed E-state index contributed by atoms with van der Waals surface area (Å²) in [5.41, 5.74) is 2.50. The fraction of sp³-hybridized carbons (Fsp3) is 0.125. The number of rotatable bonds is 4. The number of fused-ring (bicyclic) bond motifs is 1. The first-order valence-electron chi connectivity index (χ1n) is 6.54. The van der Waals surface area contributed by atoms with Crippen LogP contribution in [0.3, 0.4) is 0 Å². The van der Waals surface area contributed by atoms with E-state index in [1.165, 1.54) is 6.07 Å². The first-order valence-corrected chi connectivity index (χ1v) is 6.54. The highest BCUT2D eigenvalue weighted by Crippen LogP contribution is 2.27. The van der Waals surface area contributed by atoms with Crippen LogP contribution in [0.5, 0.6) is 5.75 Å². The van der Waals surface area contributed by atoms with Crippen LogP contribution in [0.25, 0.3) is 11.0 Å². The van der Waals surface area contributed by atoms with Gasteiger partial charge < -0.3 is 14.8 Å². The average molecular weight is 282 g/mol. The molecule has 2 aromatic carbocycles. The largest absolute Gasteiger partial charge is 0.487 e. The Kier molecular flexibility index (Phi) is 3.31. The minimum absolute atomic E-state index is 0.175. The van der Waals surface area contributed by atoms with Gasteiger partial charge in [-0.15, -0.1) is 0 Å². The van der Waals surface area contributed by atoms with E-state index < -0.39 is 5.97 Å². The number of carbonyl (C=O) groups is 1. The number of nitrogens with zero attached hydrogens (tertiary/aromatic N) is 1. The van der Waals surface area contributed by atoms with Gasteiger partial charge in [-0.1, -0.05) is 30.3 Å². The zero-order valence-electron chi connectivity index (χ0n) is 11.5. The van der Waals surface area contributed by atoms with E-state index in [9.17, 15) is 9.90 Å². The van der Waals surface area contributed by atoms with Crippen LogP contribution in [0.15, 0.2) is 42.5 Å². The summed E-state index contributed by atoms with van der Waals surface area (Å²) in [6.45, 7) is 2.19. The molecule has 0 fully saturated rings. The number of hydrogen-bond donors (Lipinski definition) is 2. The van der Waals surface area contributed by atoms with Crippen molar-refractivity contribution >= 4 is 17.0 Å². The van der Waals surface area contributed by atoms with Crippen LogP contribution in [-0.4, -0.2) is 21.0 Å². The molecule has 1 heterocycles. The molecule has 0 bridgehead atoms. The normalized spacial score (nSPS) is 10.7. The van der Waals surface area contributed by atoms with E-state index in [2.05, 4.69) is 9.97 Å². The summed E-state index contributed by atoms with van der Waals surface area (Å²) in [7, 11) is 0. The number of aromatic nitrogens is 2. The zero-order valence-corrected chi connectivity index (χ0v) is 11.5. The fourth-order valence-corrected chi connectivity index (χ4v) is 2.18. The van der Waals surface area contributed by atoms with Gasteiger partial charge in [0.1, 0.15) is 23.7 Å². The van der Waals surface area contributed by atoms with Crippen molar-refractivity contribution in [3.05, 3.63) is 59.4 Å². The predicted molar refractivity (Wildman–Crippen MR) is 78.6 cm³/mol. The number of nitrogens with one attached hydrogen (secondary N) is 1. The number of hydrogen-bond acceptors (Lipinski definition) is 3. The molecule has 2 N–H and O–H groups in total. The highest BCUT2D eigenvalue weighted by atomic mass is 16.5. The molecule has 0 radical (unpaired) electrons. The molecule has 0 aliphatic heterocycles. The molecule has 0 spiro atoms. The van der Waals surface area contributed by atoms with Crippen LogP contribution in [0.2, 0.25) is 0 Å². The monoisotopic (exact) mass is 282 g/mol. The number of aryl methyl sites for hydroxylation is 1. The second-order valence-electron chi connectivity index (χ2n) is 4.77. The van der Waals surface area contributed by atoms with Gasteiger partial charge in [0.2, 0.25) is 0 Å². The van der Waals surface area contributed by atoms with Crippen molar-refractivity contribution in [2.45, 2.75) is 13.5 Å². The van der Waals surface area contributed by atoms with Crippen molar-refractivity contribution < 1.29 is 14.6 Å². The van der Waals surface area contributed by atoms with Gasteiger partial charge in [0.05, 0.1) is 11.1 Å². The van der Waals surface area contributed by atoms with Gasteiger partial charge in [0, 0.05) is 0 Å². The Balaban J connectivity index is 1.97. The topological polar surface area (TPSA) is 75.2 Å². The molecular formula is C16H14N2O3. The van der Waals surface area contributed by atoms with Crippen molar-refractivity contribution in [1.82, 2.24) is 9.97 Å². The number of carboxylic acid groups (broad SMARTS) is 1. The molecule has 0 atom stereocenters. The molecule has 106 valence electrons. The maximum atomic E-state index is 11.2. The van der Waals surface area contributed by atoms with Crippen LogP contribution in [0, 0.1) is 6.92 Å². The Morgan fingerprint density at radius 3 is 2.76 bits per heavy atom. The van der Waals surface area contributed by atoms with E-state index in [0.29, 0.717) is 23.4 Å². The van der Waals surface area contributed by atoms with E-state index >= 15 is 0 Å². The maximum absolute atomic E-state index is 11.2. The highest BCUT2D eigenvalue weighted by Gasteiger charge is 2.13. The molecule has 0 aliphatic rings. The molecule has 0 amide bonds. The third-order valence-electron chi connectivity index (χ3n) is 3.15. The molecule has 3 aromatic rings. The predicted octanol–water partition coefficient (Wildman–Crippen LogP) is 3.15. The third kappa shape index (κ3) is 2.72. The van der Waals surface area contributed by atoms with Gasteiger partial charge in [0.15, 0.2) is 0 Å². The molecule has 1 aromatic heterocycles. The van der Waals surface area contributed by atoms with E-state index in [-0.39, 0.29) is 5.56 Å². The SMILES string of the molecule is Cc1nc2c(OCc3ccccc3)cc(C(=O)O)cc2[nH]1. The number of aromatic amines is 1. The summed E-state index contributed by atoms with van der Waals surface area (Å²) >= 11 is 0. The van der Waals surface area contributed by atoms with Crippen LogP contribution in [0.1, 0.15) is 21.7 Å². The summed E-state index contributed by atoms with van der Waals surface area (Å²) in [6, 6.07) is 12.8. The second kappa shape index (κ2) is 5.28. The summed E-state index contributed by atoms with van der Waals surface area (Å²) in [5.74, 6) is 0.198. The van der Waals surface area contributed by atoms with Gasteiger partial charge in [0.25, 0.3) is 0 Å². The fourth-order valence-electron chi connectivity index (χ4n) is 2.18. The van der Waals surface area contributed by atoms with Gasteiger partial charge in [-0.05, 0) is 24.6 Å². The Labute approximate surface area is 121 Å². The van der Waals surface area contributed by atoms with E-state index in [1.807, 2.05) is 37.3 Å². The molecule has 5 nitrogen and oxygen atoms in total. The Morgan fingerprint density at radius 2 is 2.05 bits per heavy atom. The number of H-pyrrole nitrogens is 1. The lowest BCUT2D eigenvalue weighted by Crippen LogP contribution is -2.00. The lowest BCUT2D eigenvalue weighted by Gasteiger charge is -2.08. The standard InChI is InChI=1S/C16H14N2O3/c1-10-17-13-7-12(16(19)20)8-14(15(13)18-10)21-9-11-5-3-2-4-6-11/h2-8H,9H2,1H3,(H,17,18)(H,19,20). The molecular weight excluding hydrogens is 268 g/mol. The number of ether oxygens (including phenoxy) is 1. The highest BCUT2D eigenvalue weighted by molar-refractivity contribution is 5.95. The zero-order chi connectivity index (χ0) is 14.8. The minimum Gasteiger partial charge on any atom is -0.487 e. The van der Waals surface area contributed by atoms with Crippen LogP contribution in [-0.2, 0) is 6.61 Å². The van der Waals surface area contributed by atoms with Crippen molar-refractivity contribution in [1.29, 1.82) is 0 Å². The summed E-state index contributed by atoms with van der Waals surface area (Å²) in [4.78, 5) is 18.6. The number of benzene rings is 2. The van der Waals surface area contributed by atoms with Gasteiger partial charge in [-0.3, -0.25) is 0 Å². The molecule has 0 aliphatic carbocycles. The number of aromatic carboxylic acids is 1. The van der Waals surface area contributed by atoms with Crippen molar-refractivity contribution in [2.75, 3.05) is 0 Å². The smallest absolute Gasteiger partial charge is 0.335 e. The summed E-state index contributed by atoms with van der Waals surface area (Å²) < 4.78 is 5.76. The number of carboxylic acids is 1. The third-order valence-corrected chi connectivity index (χ3v) is 3.15. The lowest BCUT2D eigenvalue weighted by molar-refractivity contribution is 0.0696. The first-order chi connectivity index (χ1) is 10.1. The molecule has 3 rings (SSSR count). The molecule has 5 heteroatoms. The van der Waals surface area contributed by atoms with Crippen LogP contribution >= 0.6 is 0 Å². The number of imidazole rings is 1. The lowest BCUT2D eigenvalue weighted by atomic mass is 10.2. The van der Waals surface area contributed by atoms with Gasteiger partial charge in [-0.2, -0.15) is 0 Å². The van der Waals surface area contributed by atoms with Crippen molar-refractivity contribution in [3.8, 4) is 5.75 Å². The van der Waals surface area contributed by atoms with Crippen LogP contribution < -0.4 is 4.74 Å². The van der Waals surface area contributed by atoms with E-state index in [1.54, 1.807) is 6.07 Å². The first kappa shape index (κ1) is 13.2. The second-order valence-corrected chi connectivity index (χ2v) is 4.77. The molecule has 0 unspecified atom stereocenters. The average Bonchev–Trinajstić information content (AvgIpc) is 2.86. The summed E-state index contributed by atoms with van der Waals surface area (Å²) in [5, 5.41) is 9.17. The quantitative estimate of drug-likeness (QED) is 0.770. The van der Waals surface area contributed by atoms with Crippen LogP contribution in [0.4, 0.5) is 0 Å². The van der Waals surface area contributed by atoms with Gasteiger partial charge in [-0.25, -0.2) is 9.78 Å². The van der Waals surface area contributed by atoms with Gasteiger partial charge >= 0.3 is 5.97 Å². The van der Waals surface area contributed by atoms with E-state index in [4.69, 9.17) is 4.74 Å². The van der Waals surface area contributed by atoms with E-state index in [0.717, 1.165) is 11.4 Å².